The van der Waals surface area contributed by atoms with Gasteiger partial charge in [-0.25, -0.2) is 14.2 Å². The van der Waals surface area contributed by atoms with Crippen LogP contribution in [0.15, 0.2) is 40.9 Å². The molecule has 1 saturated carbocycles. The summed E-state index contributed by atoms with van der Waals surface area (Å²) in [5, 5.41) is 14.4. The third-order valence-corrected chi connectivity index (χ3v) is 8.89. The van der Waals surface area contributed by atoms with Crippen LogP contribution in [0.1, 0.15) is 65.1 Å². The van der Waals surface area contributed by atoms with Gasteiger partial charge >= 0.3 is 5.97 Å². The summed E-state index contributed by atoms with van der Waals surface area (Å²) in [7, 11) is 0. The number of fused-ring (bicyclic) bond motifs is 1. The molecule has 3 fully saturated rings. The molecule has 0 amide bonds. The third-order valence-electron chi connectivity index (χ3n) is 7.82. The fourth-order valence-corrected chi connectivity index (χ4v) is 6.55. The van der Waals surface area contributed by atoms with Crippen LogP contribution in [0, 0.1) is 12.7 Å². The molecule has 2 aromatic heterocycles. The van der Waals surface area contributed by atoms with Gasteiger partial charge in [0.2, 0.25) is 0 Å². The number of ether oxygens (including phenoxy) is 2. The van der Waals surface area contributed by atoms with E-state index in [4.69, 9.17) is 14.0 Å². The monoisotopic (exact) mass is 535 g/mol. The number of halogens is 1. The maximum Gasteiger partial charge on any atom is 0.335 e. The number of hydrogen-bond donors (Lipinski definition) is 1. The Morgan fingerprint density at radius 3 is 2.74 bits per heavy atom. The van der Waals surface area contributed by atoms with Gasteiger partial charge in [0.15, 0.2) is 17.2 Å². The summed E-state index contributed by atoms with van der Waals surface area (Å²) in [5.74, 6) is -0.533. The Balaban J connectivity index is 1.11. The third kappa shape index (κ3) is 3.98. The molecule has 38 heavy (non-hydrogen) atoms. The lowest BCUT2D eigenvalue weighted by atomic mass is 9.92. The predicted molar refractivity (Wildman–Crippen MR) is 139 cm³/mol. The second-order valence-electron chi connectivity index (χ2n) is 10.4. The first-order valence-corrected chi connectivity index (χ1v) is 13.7. The molecule has 3 aliphatic rings. The topological polar surface area (TPSA) is 97.9 Å². The lowest BCUT2D eigenvalue weighted by molar-refractivity contribution is -0.0994. The van der Waals surface area contributed by atoms with Crippen molar-refractivity contribution < 1.29 is 28.3 Å². The molecule has 1 unspecified atom stereocenters. The number of nitrogens with zero attached hydrogens (tertiary/aromatic N) is 3. The molecule has 2 saturated heterocycles. The lowest BCUT2D eigenvalue weighted by Crippen LogP contribution is -2.46. The Hall–Kier alpha value is -3.34. The van der Waals surface area contributed by atoms with E-state index in [1.165, 1.54) is 17.4 Å². The van der Waals surface area contributed by atoms with E-state index in [-0.39, 0.29) is 11.1 Å². The molecule has 196 valence electrons. The van der Waals surface area contributed by atoms with Gasteiger partial charge in [0.05, 0.1) is 28.0 Å². The molecule has 1 N–H and O–H groups in total. The standard InChI is InChI=1S/C28H26FN3O5S/c1-15-4-2-3-5-18(15)22-21(24(37-31-22)16-6-7-16)26-35-14-28(36-26)8-10-32(11-9-28)27-30-23-19(29)12-17(25(33)34)13-20(23)38-27/h2-5,12-13,16,26H,6-11,14H2,1H3,(H,33,34). The highest BCUT2D eigenvalue weighted by Crippen LogP contribution is 2.50. The number of piperidine rings is 1. The van der Waals surface area contributed by atoms with E-state index < -0.39 is 23.7 Å². The molecule has 1 atom stereocenters. The number of benzene rings is 2. The van der Waals surface area contributed by atoms with E-state index in [2.05, 4.69) is 34.1 Å². The molecular weight excluding hydrogens is 509 g/mol. The summed E-state index contributed by atoms with van der Waals surface area (Å²) in [6.45, 7) is 3.89. The van der Waals surface area contributed by atoms with Crippen molar-refractivity contribution >= 4 is 32.7 Å². The van der Waals surface area contributed by atoms with Crippen LogP contribution in [0.4, 0.5) is 9.52 Å². The van der Waals surface area contributed by atoms with Crippen LogP contribution >= 0.6 is 11.3 Å². The molecule has 7 rings (SSSR count). The van der Waals surface area contributed by atoms with Gasteiger partial charge in [-0.05, 0) is 50.3 Å². The SMILES string of the molecule is Cc1ccccc1-c1noc(C2CC2)c1C1OCC2(CCN(c3nc4c(F)cc(C(=O)O)cc4s3)CC2)O1. The lowest BCUT2D eigenvalue weighted by Gasteiger charge is -2.37. The van der Waals surface area contributed by atoms with Gasteiger partial charge in [0, 0.05) is 24.6 Å². The minimum Gasteiger partial charge on any atom is -0.478 e. The van der Waals surface area contributed by atoms with Crippen molar-refractivity contribution in [1.29, 1.82) is 0 Å². The fraction of sp³-hybridized carbons (Fsp3) is 0.393. The summed E-state index contributed by atoms with van der Waals surface area (Å²) < 4.78 is 33.8. The zero-order chi connectivity index (χ0) is 26.0. The van der Waals surface area contributed by atoms with Gasteiger partial charge in [-0.2, -0.15) is 0 Å². The molecule has 4 aromatic rings. The zero-order valence-corrected chi connectivity index (χ0v) is 21.6. The van der Waals surface area contributed by atoms with E-state index >= 15 is 0 Å². The Labute approximate surface area is 222 Å². The molecule has 2 aliphatic heterocycles. The van der Waals surface area contributed by atoms with Gasteiger partial charge in [0.1, 0.15) is 17.0 Å². The van der Waals surface area contributed by atoms with Crippen LogP contribution in [0.5, 0.6) is 0 Å². The van der Waals surface area contributed by atoms with Crippen molar-refractivity contribution in [3.8, 4) is 11.3 Å². The number of aryl methyl sites for hydroxylation is 1. The minimum atomic E-state index is -1.16. The van der Waals surface area contributed by atoms with Crippen molar-refractivity contribution in [1.82, 2.24) is 10.1 Å². The van der Waals surface area contributed by atoms with Crippen molar-refractivity contribution in [2.75, 3.05) is 24.6 Å². The first-order chi connectivity index (χ1) is 18.4. The highest BCUT2D eigenvalue weighted by atomic mass is 32.1. The molecule has 2 aromatic carbocycles. The highest BCUT2D eigenvalue weighted by molar-refractivity contribution is 7.22. The number of aromatic carboxylic acids is 1. The summed E-state index contributed by atoms with van der Waals surface area (Å²) in [6.07, 6.45) is 3.08. The molecule has 10 heteroatoms. The predicted octanol–water partition coefficient (Wildman–Crippen LogP) is 6.06. The van der Waals surface area contributed by atoms with E-state index in [0.29, 0.717) is 35.4 Å². The summed E-state index contributed by atoms with van der Waals surface area (Å²) in [6, 6.07) is 10.6. The van der Waals surface area contributed by atoms with E-state index in [1.807, 2.05) is 12.1 Å². The van der Waals surface area contributed by atoms with E-state index in [9.17, 15) is 14.3 Å². The minimum absolute atomic E-state index is 0.0743. The van der Waals surface area contributed by atoms with Crippen LogP contribution < -0.4 is 4.90 Å². The van der Waals surface area contributed by atoms with Crippen molar-refractivity contribution in [3.63, 3.8) is 0 Å². The van der Waals surface area contributed by atoms with E-state index in [0.717, 1.165) is 59.9 Å². The van der Waals surface area contributed by atoms with Gasteiger partial charge in [0.25, 0.3) is 0 Å². The number of thiazole rings is 1. The molecule has 4 heterocycles. The average Bonchev–Trinajstić information content (AvgIpc) is 3.31. The quantitative estimate of drug-likeness (QED) is 0.329. The maximum atomic E-state index is 14.5. The number of carbonyl (C=O) groups is 1. The normalized spacial score (nSPS) is 21.0. The number of aromatic nitrogens is 2. The van der Waals surface area contributed by atoms with Crippen LogP contribution in [0.25, 0.3) is 21.5 Å². The molecule has 1 aliphatic carbocycles. The van der Waals surface area contributed by atoms with Crippen molar-refractivity contribution in [3.05, 3.63) is 64.7 Å². The number of carboxylic acids is 1. The fourth-order valence-electron chi connectivity index (χ4n) is 5.48. The largest absolute Gasteiger partial charge is 0.478 e. The van der Waals surface area contributed by atoms with Crippen molar-refractivity contribution in [2.24, 2.45) is 0 Å². The Kier molecular flexibility index (Phi) is 5.54. The summed E-state index contributed by atoms with van der Waals surface area (Å²) in [4.78, 5) is 17.9. The Morgan fingerprint density at radius 1 is 1.21 bits per heavy atom. The number of rotatable bonds is 5. The smallest absolute Gasteiger partial charge is 0.335 e. The molecule has 8 nitrogen and oxygen atoms in total. The van der Waals surface area contributed by atoms with Gasteiger partial charge in [-0.15, -0.1) is 0 Å². The second-order valence-corrected chi connectivity index (χ2v) is 11.4. The second kappa shape index (κ2) is 8.86. The Bertz CT molecular complexity index is 1550. The first kappa shape index (κ1) is 23.8. The van der Waals surface area contributed by atoms with E-state index in [1.54, 1.807) is 0 Å². The molecule has 1 spiro atoms. The van der Waals surface area contributed by atoms with Gasteiger partial charge < -0.3 is 24.0 Å². The van der Waals surface area contributed by atoms with Crippen LogP contribution in [0.2, 0.25) is 0 Å². The summed E-state index contributed by atoms with van der Waals surface area (Å²) in [5.41, 5.74) is 3.55. The van der Waals surface area contributed by atoms with Crippen LogP contribution in [-0.4, -0.2) is 46.5 Å². The number of anilines is 1. The molecule has 0 bridgehead atoms. The van der Waals surface area contributed by atoms with Gasteiger partial charge in [-0.3, -0.25) is 0 Å². The maximum absolute atomic E-state index is 14.5. The Morgan fingerprint density at radius 2 is 2.00 bits per heavy atom. The molecular formula is C28H26FN3O5S. The molecule has 0 radical (unpaired) electrons. The van der Waals surface area contributed by atoms with Crippen LogP contribution in [-0.2, 0) is 9.47 Å². The highest BCUT2D eigenvalue weighted by Gasteiger charge is 2.48. The first-order valence-electron chi connectivity index (χ1n) is 12.8. The van der Waals surface area contributed by atoms with Gasteiger partial charge in [-0.1, -0.05) is 40.8 Å². The number of carboxylic acid groups (broad SMARTS) is 1. The number of hydrogen-bond acceptors (Lipinski definition) is 8. The van der Waals surface area contributed by atoms with Crippen molar-refractivity contribution in [2.45, 2.75) is 50.4 Å². The van der Waals surface area contributed by atoms with Crippen LogP contribution in [0.3, 0.4) is 0 Å². The summed E-state index contributed by atoms with van der Waals surface area (Å²) >= 11 is 1.31. The average molecular weight is 536 g/mol. The zero-order valence-electron chi connectivity index (χ0n) is 20.8.